The van der Waals surface area contributed by atoms with Gasteiger partial charge in [0.2, 0.25) is 5.91 Å². The molecule has 1 aromatic heterocycles. The fourth-order valence-corrected chi connectivity index (χ4v) is 2.06. The second-order valence-electron chi connectivity index (χ2n) is 4.28. The fourth-order valence-electron chi connectivity index (χ4n) is 1.69. The lowest BCUT2D eigenvalue weighted by Gasteiger charge is -2.31. The zero-order valence-corrected chi connectivity index (χ0v) is 13.3. The minimum atomic E-state index is 0. The van der Waals surface area contributed by atoms with E-state index >= 15 is 0 Å². The summed E-state index contributed by atoms with van der Waals surface area (Å²) >= 11 is 1.64. The molecule has 0 aliphatic carbocycles. The van der Waals surface area contributed by atoms with E-state index < -0.39 is 0 Å². The van der Waals surface area contributed by atoms with Crippen LogP contribution in [-0.4, -0.2) is 30.2 Å². The molecule has 0 saturated carbocycles. The average Bonchev–Trinajstić information content (AvgIpc) is 2.27. The maximum atomic E-state index is 11.9. The number of rotatable bonds is 4. The van der Waals surface area contributed by atoms with Crippen LogP contribution in [-0.2, 0) is 4.79 Å². The molecule has 1 saturated heterocycles. The van der Waals surface area contributed by atoms with Gasteiger partial charge in [-0.25, -0.2) is 4.98 Å². The smallest absolute Gasteiger partial charge is 0.228 e. The number of hydrogen-bond donors (Lipinski definition) is 2. The number of hydrogen-bond acceptors (Lipinski definition) is 4. The Morgan fingerprint density at radius 2 is 2.16 bits per heavy atom. The van der Waals surface area contributed by atoms with Crippen molar-refractivity contribution in [3.05, 3.63) is 18.3 Å². The lowest BCUT2D eigenvalue weighted by Crippen LogP contribution is -2.48. The quantitative estimate of drug-likeness (QED) is 0.836. The first-order chi connectivity index (χ1) is 8.20. The molecule has 7 heteroatoms. The van der Waals surface area contributed by atoms with Gasteiger partial charge >= 0.3 is 0 Å². The van der Waals surface area contributed by atoms with Crippen molar-refractivity contribution in [3.8, 4) is 0 Å². The van der Waals surface area contributed by atoms with Crippen molar-refractivity contribution >= 4 is 48.3 Å². The Morgan fingerprint density at radius 3 is 2.58 bits per heavy atom. The van der Waals surface area contributed by atoms with Crippen LogP contribution in [0.4, 0.5) is 5.82 Å². The molecule has 1 atom stereocenters. The minimum Gasteiger partial charge on any atom is -0.316 e. The van der Waals surface area contributed by atoms with Gasteiger partial charge in [-0.1, -0.05) is 6.92 Å². The standard InChI is InChI=1S/C12H17N3OS.2ClH/c1-8(9-5-13-6-9)12(16)15-11-4-3-10(17-2)7-14-11;;/h3-4,7-9,13H,5-6H2,1-2H3,(H,14,15,16);2*1H. The SMILES string of the molecule is CSc1ccc(NC(=O)C(C)C2CNC2)nc1.Cl.Cl. The van der Waals surface area contributed by atoms with Crippen LogP contribution in [0.5, 0.6) is 0 Å². The number of nitrogens with zero attached hydrogens (tertiary/aromatic N) is 1. The number of halogens is 2. The lowest BCUT2D eigenvalue weighted by molar-refractivity contribution is -0.121. The summed E-state index contributed by atoms with van der Waals surface area (Å²) in [7, 11) is 0. The minimum absolute atomic E-state index is 0. The molecule has 2 rings (SSSR count). The largest absolute Gasteiger partial charge is 0.316 e. The van der Waals surface area contributed by atoms with Gasteiger partial charge < -0.3 is 10.6 Å². The highest BCUT2D eigenvalue weighted by molar-refractivity contribution is 7.98. The molecule has 1 amide bonds. The van der Waals surface area contributed by atoms with Gasteiger partial charge in [-0.15, -0.1) is 36.6 Å². The molecular weight excluding hydrogens is 305 g/mol. The number of nitrogens with one attached hydrogen (secondary N) is 2. The van der Waals surface area contributed by atoms with Crippen LogP contribution in [0.1, 0.15) is 6.92 Å². The molecule has 1 aliphatic heterocycles. The molecule has 19 heavy (non-hydrogen) atoms. The zero-order chi connectivity index (χ0) is 12.3. The topological polar surface area (TPSA) is 54.0 Å². The third-order valence-corrected chi connectivity index (χ3v) is 3.87. The first kappa shape index (κ1) is 18.5. The number of amides is 1. The molecule has 2 N–H and O–H groups in total. The Hall–Kier alpha value is -0.490. The number of thioether (sulfide) groups is 1. The highest BCUT2D eigenvalue weighted by Gasteiger charge is 2.28. The van der Waals surface area contributed by atoms with Crippen molar-refractivity contribution in [1.29, 1.82) is 0 Å². The van der Waals surface area contributed by atoms with Crippen molar-refractivity contribution < 1.29 is 4.79 Å². The summed E-state index contributed by atoms with van der Waals surface area (Å²) in [6, 6.07) is 3.80. The second kappa shape index (κ2) is 8.64. The summed E-state index contributed by atoms with van der Waals surface area (Å²) in [5, 5.41) is 6.03. The molecule has 0 radical (unpaired) electrons. The van der Waals surface area contributed by atoms with Crippen LogP contribution in [0.15, 0.2) is 23.2 Å². The molecule has 4 nitrogen and oxygen atoms in total. The molecule has 2 heterocycles. The summed E-state index contributed by atoms with van der Waals surface area (Å²) in [4.78, 5) is 17.2. The van der Waals surface area contributed by atoms with E-state index in [1.165, 1.54) is 0 Å². The van der Waals surface area contributed by atoms with Gasteiger partial charge in [0, 0.05) is 17.0 Å². The fraction of sp³-hybridized carbons (Fsp3) is 0.500. The van der Waals surface area contributed by atoms with Gasteiger partial charge in [-0.3, -0.25) is 4.79 Å². The normalized spacial score (nSPS) is 15.5. The first-order valence-corrected chi connectivity index (χ1v) is 6.95. The molecule has 1 aliphatic rings. The van der Waals surface area contributed by atoms with Gasteiger partial charge in [0.25, 0.3) is 0 Å². The maximum absolute atomic E-state index is 11.9. The molecule has 1 fully saturated rings. The molecule has 0 spiro atoms. The van der Waals surface area contributed by atoms with Gasteiger partial charge in [0.15, 0.2) is 0 Å². The summed E-state index contributed by atoms with van der Waals surface area (Å²) < 4.78 is 0. The van der Waals surface area contributed by atoms with E-state index in [-0.39, 0.29) is 36.6 Å². The van der Waals surface area contributed by atoms with Crippen LogP contribution in [0.3, 0.4) is 0 Å². The second-order valence-corrected chi connectivity index (χ2v) is 5.16. The number of carbonyl (C=O) groups is 1. The van der Waals surface area contributed by atoms with E-state index in [4.69, 9.17) is 0 Å². The number of anilines is 1. The highest BCUT2D eigenvalue weighted by Crippen LogP contribution is 2.19. The number of carbonyl (C=O) groups excluding carboxylic acids is 1. The molecular formula is C12H19Cl2N3OS. The van der Waals surface area contributed by atoms with Crippen molar-refractivity contribution in [1.82, 2.24) is 10.3 Å². The van der Waals surface area contributed by atoms with Crippen LogP contribution >= 0.6 is 36.6 Å². The summed E-state index contributed by atoms with van der Waals surface area (Å²) in [5.74, 6) is 1.19. The van der Waals surface area contributed by atoms with E-state index in [2.05, 4.69) is 15.6 Å². The van der Waals surface area contributed by atoms with Crippen molar-refractivity contribution in [2.24, 2.45) is 11.8 Å². The average molecular weight is 324 g/mol. The molecule has 108 valence electrons. The Morgan fingerprint density at radius 1 is 1.47 bits per heavy atom. The Balaban J connectivity index is 0.00000162. The monoisotopic (exact) mass is 323 g/mol. The van der Waals surface area contributed by atoms with Crippen molar-refractivity contribution in [2.75, 3.05) is 24.7 Å². The summed E-state index contributed by atoms with van der Waals surface area (Å²) in [6.45, 7) is 3.85. The molecule has 0 bridgehead atoms. The van der Waals surface area contributed by atoms with Crippen LogP contribution in [0, 0.1) is 11.8 Å². The van der Waals surface area contributed by atoms with Crippen LogP contribution in [0.25, 0.3) is 0 Å². The third-order valence-electron chi connectivity index (χ3n) is 3.16. The van der Waals surface area contributed by atoms with E-state index in [9.17, 15) is 4.79 Å². The highest BCUT2D eigenvalue weighted by atomic mass is 35.5. The van der Waals surface area contributed by atoms with E-state index in [1.54, 1.807) is 18.0 Å². The van der Waals surface area contributed by atoms with Gasteiger partial charge in [-0.05, 0) is 37.4 Å². The van der Waals surface area contributed by atoms with Crippen molar-refractivity contribution in [3.63, 3.8) is 0 Å². The lowest BCUT2D eigenvalue weighted by atomic mass is 9.88. The maximum Gasteiger partial charge on any atom is 0.228 e. The number of aromatic nitrogens is 1. The van der Waals surface area contributed by atoms with Crippen molar-refractivity contribution in [2.45, 2.75) is 11.8 Å². The Labute approximate surface area is 130 Å². The van der Waals surface area contributed by atoms with E-state index in [0.29, 0.717) is 11.7 Å². The molecule has 1 unspecified atom stereocenters. The summed E-state index contributed by atoms with van der Waals surface area (Å²) in [5.41, 5.74) is 0. The molecule has 0 aromatic carbocycles. The van der Waals surface area contributed by atoms with Crippen LogP contribution in [0.2, 0.25) is 0 Å². The van der Waals surface area contributed by atoms with E-state index in [0.717, 1.165) is 18.0 Å². The predicted octanol–water partition coefficient (Wildman–Crippen LogP) is 2.44. The van der Waals surface area contributed by atoms with E-state index in [1.807, 2.05) is 25.3 Å². The molecule has 1 aromatic rings. The number of pyridine rings is 1. The van der Waals surface area contributed by atoms with Gasteiger partial charge in [0.05, 0.1) is 0 Å². The summed E-state index contributed by atoms with van der Waals surface area (Å²) in [6.07, 6.45) is 3.77. The van der Waals surface area contributed by atoms with Crippen LogP contribution < -0.4 is 10.6 Å². The van der Waals surface area contributed by atoms with Gasteiger partial charge in [0.1, 0.15) is 5.82 Å². The predicted molar refractivity (Wildman–Crippen MR) is 84.7 cm³/mol. The first-order valence-electron chi connectivity index (χ1n) is 5.72. The van der Waals surface area contributed by atoms with Gasteiger partial charge in [-0.2, -0.15) is 0 Å². The Kier molecular flexibility index (Phi) is 8.41. The third kappa shape index (κ3) is 4.84. The zero-order valence-electron chi connectivity index (χ0n) is 10.9. The Bertz CT molecular complexity index is 398.